The van der Waals surface area contributed by atoms with Crippen LogP contribution in [0.25, 0.3) is 0 Å². The Bertz CT molecular complexity index is 675. The number of nitrogens with zero attached hydrogens (tertiary/aromatic N) is 4. The molecule has 5 rings (SSSR count). The van der Waals surface area contributed by atoms with Crippen molar-refractivity contribution in [3.63, 3.8) is 0 Å². The number of aliphatic imine (C=N–C) groups is 1. The minimum Gasteiger partial charge on any atom is -0.468 e. The lowest BCUT2D eigenvalue weighted by Gasteiger charge is -2.50. The number of hydrogen-bond donors (Lipinski definition) is 1. The summed E-state index contributed by atoms with van der Waals surface area (Å²) in [5.41, 5.74) is -0.290. The van der Waals surface area contributed by atoms with Gasteiger partial charge in [0.2, 0.25) is 5.88 Å². The second kappa shape index (κ2) is 6.01. The molecule has 3 fully saturated rings. The molecule has 2 bridgehead atoms. The number of ether oxygens (including phenoxy) is 2. The van der Waals surface area contributed by atoms with Crippen LogP contribution in [-0.4, -0.2) is 65.5 Å². The average Bonchev–Trinajstić information content (AvgIpc) is 2.96. The lowest BCUT2D eigenvalue weighted by atomic mass is 9.75. The standard InChI is InChI=1S/C15H18F3N5O2/c16-15(17,18)8-24-12-5-11(20-9-21-12)22-13-19-6-14(25-13)7-23-3-1-10(14)2-4-23/h5,9-10H,1-4,6-8H2,(H,19,20,21,22)/t14-/m0/s1. The Balaban J connectivity index is 1.38. The maximum atomic E-state index is 12.2. The van der Waals surface area contributed by atoms with Gasteiger partial charge in [0.05, 0.1) is 6.54 Å². The van der Waals surface area contributed by atoms with Crippen molar-refractivity contribution in [3.05, 3.63) is 12.4 Å². The van der Waals surface area contributed by atoms with Crippen molar-refractivity contribution in [2.24, 2.45) is 10.9 Å². The summed E-state index contributed by atoms with van der Waals surface area (Å²) in [5, 5.41) is 2.91. The van der Waals surface area contributed by atoms with Gasteiger partial charge in [0.25, 0.3) is 6.02 Å². The van der Waals surface area contributed by atoms with E-state index in [2.05, 4.69) is 29.9 Å². The predicted molar refractivity (Wildman–Crippen MR) is 82.5 cm³/mol. The number of rotatable bonds is 3. The maximum absolute atomic E-state index is 12.2. The SMILES string of the molecule is FC(F)(F)COc1cc(NC2=NC[C@@]3(CN4CCC3CC4)O2)ncn1. The highest BCUT2D eigenvalue weighted by molar-refractivity contribution is 5.89. The number of aromatic nitrogens is 2. The molecule has 0 aromatic carbocycles. The molecule has 10 heteroatoms. The molecular formula is C15H18F3N5O2. The van der Waals surface area contributed by atoms with Crippen LogP contribution < -0.4 is 10.1 Å². The van der Waals surface area contributed by atoms with Crippen LogP contribution in [0.1, 0.15) is 12.8 Å². The van der Waals surface area contributed by atoms with Gasteiger partial charge in [-0.1, -0.05) is 0 Å². The molecule has 1 spiro atoms. The number of alkyl halides is 3. The molecular weight excluding hydrogens is 339 g/mol. The Hall–Kier alpha value is -2.10. The largest absolute Gasteiger partial charge is 0.468 e. The number of halogens is 3. The minimum absolute atomic E-state index is 0.161. The Morgan fingerprint density at radius 3 is 2.80 bits per heavy atom. The molecule has 0 unspecified atom stereocenters. The second-order valence-electron chi connectivity index (χ2n) is 6.61. The number of anilines is 1. The third kappa shape index (κ3) is 3.48. The van der Waals surface area contributed by atoms with Crippen LogP contribution in [0.15, 0.2) is 17.4 Å². The first-order valence-corrected chi connectivity index (χ1v) is 8.16. The van der Waals surface area contributed by atoms with Gasteiger partial charge in [0.15, 0.2) is 6.61 Å². The summed E-state index contributed by atoms with van der Waals surface area (Å²) in [6, 6.07) is 1.63. The highest BCUT2D eigenvalue weighted by Gasteiger charge is 2.51. The number of piperidine rings is 3. The lowest BCUT2D eigenvalue weighted by molar-refractivity contribution is -0.154. The minimum atomic E-state index is -4.42. The summed E-state index contributed by atoms with van der Waals surface area (Å²) >= 11 is 0. The quantitative estimate of drug-likeness (QED) is 0.888. The Morgan fingerprint density at radius 2 is 2.12 bits per heavy atom. The summed E-state index contributed by atoms with van der Waals surface area (Å²) in [6.45, 7) is 2.24. The normalized spacial score (nSPS) is 30.9. The van der Waals surface area contributed by atoms with Crippen molar-refractivity contribution in [3.8, 4) is 5.88 Å². The van der Waals surface area contributed by atoms with E-state index in [9.17, 15) is 13.2 Å². The van der Waals surface area contributed by atoms with Gasteiger partial charge in [-0.05, 0) is 25.9 Å². The van der Waals surface area contributed by atoms with Crippen molar-refractivity contribution in [1.29, 1.82) is 0 Å². The average molecular weight is 357 g/mol. The van der Waals surface area contributed by atoms with Gasteiger partial charge >= 0.3 is 6.18 Å². The van der Waals surface area contributed by atoms with Crippen LogP contribution in [-0.2, 0) is 4.74 Å². The first-order valence-electron chi connectivity index (χ1n) is 8.16. The van der Waals surface area contributed by atoms with Crippen molar-refractivity contribution < 1.29 is 22.6 Å². The van der Waals surface area contributed by atoms with E-state index in [1.807, 2.05) is 0 Å². The van der Waals surface area contributed by atoms with Gasteiger partial charge in [0.1, 0.15) is 17.7 Å². The molecule has 7 nitrogen and oxygen atoms in total. The summed E-state index contributed by atoms with van der Waals surface area (Å²) in [6.07, 6.45) is -1.08. The Labute approximate surface area is 142 Å². The third-order valence-corrected chi connectivity index (χ3v) is 4.87. The topological polar surface area (TPSA) is 71.9 Å². The fourth-order valence-electron chi connectivity index (χ4n) is 3.70. The van der Waals surface area contributed by atoms with E-state index in [1.54, 1.807) is 0 Å². The summed E-state index contributed by atoms with van der Waals surface area (Å²) in [7, 11) is 0. The smallest absolute Gasteiger partial charge is 0.422 e. The molecule has 4 aliphatic rings. The molecule has 4 aliphatic heterocycles. The van der Waals surface area contributed by atoms with Crippen molar-refractivity contribution >= 4 is 11.8 Å². The molecule has 0 radical (unpaired) electrons. The van der Waals surface area contributed by atoms with Crippen molar-refractivity contribution in [1.82, 2.24) is 14.9 Å². The highest BCUT2D eigenvalue weighted by Crippen LogP contribution is 2.40. The number of nitrogens with one attached hydrogen (secondary N) is 1. The molecule has 136 valence electrons. The zero-order valence-electron chi connectivity index (χ0n) is 13.4. The molecule has 0 aliphatic carbocycles. The van der Waals surface area contributed by atoms with E-state index in [-0.39, 0.29) is 17.3 Å². The fourth-order valence-corrected chi connectivity index (χ4v) is 3.70. The molecule has 1 aromatic heterocycles. The van der Waals surface area contributed by atoms with E-state index >= 15 is 0 Å². The van der Waals surface area contributed by atoms with Gasteiger partial charge in [-0.3, -0.25) is 10.2 Å². The fraction of sp³-hybridized carbons (Fsp3) is 0.667. The van der Waals surface area contributed by atoms with E-state index in [0.29, 0.717) is 18.5 Å². The van der Waals surface area contributed by atoms with E-state index in [1.165, 1.54) is 6.07 Å². The zero-order chi connectivity index (χ0) is 17.5. The molecule has 3 saturated heterocycles. The summed E-state index contributed by atoms with van der Waals surface area (Å²) < 4.78 is 47.4. The van der Waals surface area contributed by atoms with Gasteiger partial charge in [-0.2, -0.15) is 13.2 Å². The van der Waals surface area contributed by atoms with Crippen LogP contribution in [0.2, 0.25) is 0 Å². The van der Waals surface area contributed by atoms with Crippen LogP contribution >= 0.6 is 0 Å². The molecule has 0 saturated carbocycles. The van der Waals surface area contributed by atoms with Crippen LogP contribution in [0.3, 0.4) is 0 Å². The summed E-state index contributed by atoms with van der Waals surface area (Å²) in [4.78, 5) is 14.4. The molecule has 1 atom stereocenters. The number of fused-ring (bicyclic) bond motifs is 2. The Morgan fingerprint density at radius 1 is 1.32 bits per heavy atom. The van der Waals surface area contributed by atoms with Gasteiger partial charge in [0, 0.05) is 18.5 Å². The molecule has 0 amide bonds. The third-order valence-electron chi connectivity index (χ3n) is 4.87. The molecule has 25 heavy (non-hydrogen) atoms. The van der Waals surface area contributed by atoms with Crippen LogP contribution in [0.5, 0.6) is 5.88 Å². The van der Waals surface area contributed by atoms with Gasteiger partial charge in [-0.25, -0.2) is 15.0 Å². The molecule has 1 aromatic rings. The number of amidine groups is 1. The second-order valence-corrected chi connectivity index (χ2v) is 6.61. The number of hydrogen-bond acceptors (Lipinski definition) is 7. The molecule has 5 heterocycles. The van der Waals surface area contributed by atoms with Gasteiger partial charge in [-0.15, -0.1) is 0 Å². The monoisotopic (exact) mass is 357 g/mol. The highest BCUT2D eigenvalue weighted by atomic mass is 19.4. The Kier molecular flexibility index (Phi) is 3.94. The molecule has 1 N–H and O–H groups in total. The van der Waals surface area contributed by atoms with Crippen molar-refractivity contribution in [2.45, 2.75) is 24.6 Å². The van der Waals surface area contributed by atoms with Crippen LogP contribution in [0, 0.1) is 5.92 Å². The summed E-state index contributed by atoms with van der Waals surface area (Å²) in [5.74, 6) is 0.604. The van der Waals surface area contributed by atoms with E-state index < -0.39 is 12.8 Å². The van der Waals surface area contributed by atoms with Crippen molar-refractivity contribution in [2.75, 3.05) is 38.1 Å². The first kappa shape index (κ1) is 16.4. The van der Waals surface area contributed by atoms with E-state index in [4.69, 9.17) is 4.74 Å². The predicted octanol–water partition coefficient (Wildman–Crippen LogP) is 1.68. The zero-order valence-corrected chi connectivity index (χ0v) is 13.4. The first-order chi connectivity index (χ1) is 11.9. The lowest BCUT2D eigenvalue weighted by Crippen LogP contribution is -2.61. The van der Waals surface area contributed by atoms with Gasteiger partial charge < -0.3 is 9.47 Å². The van der Waals surface area contributed by atoms with Crippen LogP contribution in [0.4, 0.5) is 19.0 Å². The van der Waals surface area contributed by atoms with E-state index in [0.717, 1.165) is 38.8 Å². The maximum Gasteiger partial charge on any atom is 0.422 e.